The number of pyridine rings is 1. The Labute approximate surface area is 124 Å². The third-order valence-corrected chi connectivity index (χ3v) is 3.01. The minimum absolute atomic E-state index is 0.666. The molecule has 0 aliphatic rings. The van der Waals surface area contributed by atoms with Crippen LogP contribution < -0.4 is 4.90 Å². The smallest absolute Gasteiger partial charge is 0.328 e. The third kappa shape index (κ3) is 3.69. The van der Waals surface area contributed by atoms with E-state index < -0.39 is 5.97 Å². The van der Waals surface area contributed by atoms with Crippen molar-refractivity contribution in [3.63, 3.8) is 0 Å². The highest BCUT2D eigenvalue weighted by molar-refractivity contribution is 5.90. The average Bonchev–Trinajstić information content (AvgIpc) is 2.43. The predicted molar refractivity (Wildman–Crippen MR) is 86.5 cm³/mol. The second-order valence-corrected chi connectivity index (χ2v) is 5.08. The molecule has 4 nitrogen and oxygen atoms in total. The summed E-state index contributed by atoms with van der Waals surface area (Å²) in [4.78, 5) is 17.4. The highest BCUT2D eigenvalue weighted by Gasteiger charge is 2.10. The van der Waals surface area contributed by atoms with Crippen LogP contribution in [0, 0.1) is 0 Å². The van der Waals surface area contributed by atoms with Crippen molar-refractivity contribution in [1.29, 1.82) is 0 Å². The first-order chi connectivity index (χ1) is 9.97. The van der Waals surface area contributed by atoms with Crippen molar-refractivity contribution in [2.45, 2.75) is 6.92 Å². The topological polar surface area (TPSA) is 53.4 Å². The van der Waals surface area contributed by atoms with Gasteiger partial charge in [0.15, 0.2) is 0 Å². The average molecular weight is 282 g/mol. The molecule has 0 fully saturated rings. The van der Waals surface area contributed by atoms with E-state index in [1.807, 2.05) is 49.2 Å². The van der Waals surface area contributed by atoms with Gasteiger partial charge in [-0.1, -0.05) is 30.4 Å². The van der Waals surface area contributed by atoms with Gasteiger partial charge in [0.2, 0.25) is 0 Å². The molecule has 0 bridgehead atoms. The van der Waals surface area contributed by atoms with Gasteiger partial charge >= 0.3 is 5.97 Å². The molecule has 0 saturated carbocycles. The molecule has 0 atom stereocenters. The van der Waals surface area contributed by atoms with Crippen molar-refractivity contribution in [2.24, 2.45) is 0 Å². The van der Waals surface area contributed by atoms with Crippen LogP contribution in [0.3, 0.4) is 0 Å². The summed E-state index contributed by atoms with van der Waals surface area (Å²) in [6, 6.07) is 9.73. The Morgan fingerprint density at radius 1 is 1.43 bits per heavy atom. The van der Waals surface area contributed by atoms with Crippen LogP contribution in [0.15, 0.2) is 48.6 Å². The number of nitrogens with zero attached hydrogens (tertiary/aromatic N) is 2. The Bertz CT molecular complexity index is 720. The highest BCUT2D eigenvalue weighted by Crippen LogP contribution is 2.24. The zero-order valence-corrected chi connectivity index (χ0v) is 12.2. The Kier molecular flexibility index (Phi) is 4.38. The van der Waals surface area contributed by atoms with E-state index >= 15 is 0 Å². The summed E-state index contributed by atoms with van der Waals surface area (Å²) >= 11 is 0. The van der Waals surface area contributed by atoms with Gasteiger partial charge in [0.05, 0.1) is 5.52 Å². The first kappa shape index (κ1) is 14.8. The van der Waals surface area contributed by atoms with Gasteiger partial charge in [-0.3, -0.25) is 0 Å². The molecule has 1 aromatic carbocycles. The number of hydrogen-bond acceptors (Lipinski definition) is 3. The van der Waals surface area contributed by atoms with Crippen LogP contribution in [0.5, 0.6) is 0 Å². The number of carboxylic acids is 1. The number of anilines is 1. The van der Waals surface area contributed by atoms with E-state index in [0.717, 1.165) is 33.9 Å². The number of likely N-dealkylation sites (N-methyl/N-ethyl adjacent to an activating group) is 1. The monoisotopic (exact) mass is 282 g/mol. The van der Waals surface area contributed by atoms with Crippen molar-refractivity contribution in [3.05, 3.63) is 54.1 Å². The molecule has 1 aromatic heterocycles. The first-order valence-electron chi connectivity index (χ1n) is 6.63. The van der Waals surface area contributed by atoms with E-state index in [1.54, 1.807) is 6.08 Å². The standard InChI is InChI=1S/C17H18N2O2/c1-12(2)11-19(3)17-14(8-9-16(20)21)10-13-6-4-5-7-15(13)18-17/h4-10H,1,11H2,2-3H3,(H,20,21)/b9-8+. The molecule has 0 saturated heterocycles. The van der Waals surface area contributed by atoms with Gasteiger partial charge in [0.1, 0.15) is 5.82 Å². The molecule has 1 heterocycles. The van der Waals surface area contributed by atoms with Gasteiger partial charge in [0, 0.05) is 30.6 Å². The van der Waals surface area contributed by atoms with Gasteiger partial charge < -0.3 is 10.0 Å². The summed E-state index contributed by atoms with van der Waals surface area (Å²) in [7, 11) is 1.92. The molecular weight excluding hydrogens is 264 g/mol. The number of carbonyl (C=O) groups is 1. The summed E-state index contributed by atoms with van der Waals surface area (Å²) in [6.07, 6.45) is 2.70. The van der Waals surface area contributed by atoms with Crippen molar-refractivity contribution in [3.8, 4) is 0 Å². The number of aromatic nitrogens is 1. The second kappa shape index (κ2) is 6.22. The molecule has 0 aliphatic carbocycles. The predicted octanol–water partition coefficient (Wildman–Crippen LogP) is 3.34. The Balaban J connectivity index is 2.55. The molecule has 108 valence electrons. The van der Waals surface area contributed by atoms with Crippen LogP contribution in [-0.4, -0.2) is 29.7 Å². The molecule has 2 aromatic rings. The lowest BCUT2D eigenvalue weighted by Gasteiger charge is -2.21. The number of para-hydroxylation sites is 1. The fourth-order valence-corrected chi connectivity index (χ4v) is 2.19. The van der Waals surface area contributed by atoms with Crippen molar-refractivity contribution < 1.29 is 9.90 Å². The van der Waals surface area contributed by atoms with Crippen LogP contribution in [0.2, 0.25) is 0 Å². The lowest BCUT2D eigenvalue weighted by atomic mass is 10.1. The molecule has 2 rings (SSSR count). The first-order valence-corrected chi connectivity index (χ1v) is 6.63. The molecular formula is C17H18N2O2. The maximum atomic E-state index is 10.8. The van der Waals surface area contributed by atoms with Crippen LogP contribution in [0.25, 0.3) is 17.0 Å². The number of hydrogen-bond donors (Lipinski definition) is 1. The Morgan fingerprint density at radius 3 is 2.81 bits per heavy atom. The Hall–Kier alpha value is -2.62. The largest absolute Gasteiger partial charge is 0.478 e. The van der Waals surface area contributed by atoms with Gasteiger partial charge in [-0.15, -0.1) is 0 Å². The van der Waals surface area contributed by atoms with Crippen molar-refractivity contribution in [1.82, 2.24) is 4.98 Å². The van der Waals surface area contributed by atoms with Gasteiger partial charge in [-0.25, -0.2) is 9.78 Å². The molecule has 0 radical (unpaired) electrons. The maximum Gasteiger partial charge on any atom is 0.328 e. The van der Waals surface area contributed by atoms with Crippen LogP contribution in [0.1, 0.15) is 12.5 Å². The summed E-state index contributed by atoms with van der Waals surface area (Å²) in [6.45, 7) is 6.52. The van der Waals surface area contributed by atoms with E-state index in [1.165, 1.54) is 0 Å². The number of rotatable bonds is 5. The molecule has 0 amide bonds. The SMILES string of the molecule is C=C(C)CN(C)c1nc2ccccc2cc1/C=C/C(=O)O. The maximum absolute atomic E-state index is 10.8. The van der Waals surface area contributed by atoms with E-state index in [4.69, 9.17) is 5.11 Å². The molecule has 1 N–H and O–H groups in total. The van der Waals surface area contributed by atoms with E-state index in [0.29, 0.717) is 6.54 Å². The van der Waals surface area contributed by atoms with E-state index in [9.17, 15) is 4.79 Å². The number of fused-ring (bicyclic) bond motifs is 1. The minimum Gasteiger partial charge on any atom is -0.478 e. The molecule has 0 spiro atoms. The molecule has 0 unspecified atom stereocenters. The second-order valence-electron chi connectivity index (χ2n) is 5.08. The number of carboxylic acid groups (broad SMARTS) is 1. The van der Waals surface area contributed by atoms with Gasteiger partial charge in [0.25, 0.3) is 0 Å². The van der Waals surface area contributed by atoms with Crippen molar-refractivity contribution >= 4 is 28.8 Å². The molecule has 4 heteroatoms. The highest BCUT2D eigenvalue weighted by atomic mass is 16.4. The third-order valence-electron chi connectivity index (χ3n) is 3.01. The van der Waals surface area contributed by atoms with Crippen LogP contribution in [0.4, 0.5) is 5.82 Å². The van der Waals surface area contributed by atoms with Gasteiger partial charge in [-0.05, 0) is 25.1 Å². The van der Waals surface area contributed by atoms with E-state index in [2.05, 4.69) is 11.6 Å². The van der Waals surface area contributed by atoms with Crippen LogP contribution >= 0.6 is 0 Å². The summed E-state index contributed by atoms with van der Waals surface area (Å²) < 4.78 is 0. The fraction of sp³-hybridized carbons (Fsp3) is 0.176. The minimum atomic E-state index is -0.975. The lowest BCUT2D eigenvalue weighted by Crippen LogP contribution is -2.21. The fourth-order valence-electron chi connectivity index (χ4n) is 2.19. The van der Waals surface area contributed by atoms with E-state index in [-0.39, 0.29) is 0 Å². The molecule has 21 heavy (non-hydrogen) atoms. The lowest BCUT2D eigenvalue weighted by molar-refractivity contribution is -0.131. The quantitative estimate of drug-likeness (QED) is 0.675. The van der Waals surface area contributed by atoms with Crippen molar-refractivity contribution in [2.75, 3.05) is 18.5 Å². The zero-order chi connectivity index (χ0) is 15.4. The number of benzene rings is 1. The zero-order valence-electron chi connectivity index (χ0n) is 12.2. The summed E-state index contributed by atoms with van der Waals surface area (Å²) in [5, 5.41) is 9.81. The summed E-state index contributed by atoms with van der Waals surface area (Å²) in [5.74, 6) is -0.231. The van der Waals surface area contributed by atoms with Crippen LogP contribution in [-0.2, 0) is 4.79 Å². The number of aliphatic carboxylic acids is 1. The molecule has 0 aliphatic heterocycles. The normalized spacial score (nSPS) is 11.0. The Morgan fingerprint density at radius 2 is 2.14 bits per heavy atom. The summed E-state index contributed by atoms with van der Waals surface area (Å²) in [5.41, 5.74) is 2.68. The van der Waals surface area contributed by atoms with Gasteiger partial charge in [-0.2, -0.15) is 0 Å².